The van der Waals surface area contributed by atoms with Crippen LogP contribution in [0.3, 0.4) is 0 Å². The van der Waals surface area contributed by atoms with Crippen molar-refractivity contribution in [1.82, 2.24) is 0 Å². The summed E-state index contributed by atoms with van der Waals surface area (Å²) < 4.78 is 48.0. The van der Waals surface area contributed by atoms with Gasteiger partial charge in [0.15, 0.2) is 25.0 Å². The van der Waals surface area contributed by atoms with E-state index in [9.17, 15) is 75.7 Å². The average molecular weight is 1100 g/mol. The lowest BCUT2D eigenvalue weighted by Crippen LogP contribution is -2.72. The summed E-state index contributed by atoms with van der Waals surface area (Å²) in [6, 6.07) is 0. The van der Waals surface area contributed by atoms with Gasteiger partial charge in [0.05, 0.1) is 44.1 Å². The summed E-state index contributed by atoms with van der Waals surface area (Å²) in [6.07, 6.45) is -23.5. The molecule has 23 nitrogen and oxygen atoms in total. The van der Waals surface area contributed by atoms with Gasteiger partial charge in [-0.05, 0) is 92.8 Å². The summed E-state index contributed by atoms with van der Waals surface area (Å²) >= 11 is 0. The summed E-state index contributed by atoms with van der Waals surface area (Å²) in [6.45, 7) is 14.6. The van der Waals surface area contributed by atoms with E-state index in [0.29, 0.717) is 37.7 Å². The van der Waals surface area contributed by atoms with Crippen LogP contribution in [-0.4, -0.2) is 216 Å². The van der Waals surface area contributed by atoms with Crippen LogP contribution in [0.1, 0.15) is 107 Å². The zero-order valence-electron chi connectivity index (χ0n) is 45.4. The third-order valence-electron chi connectivity index (χ3n) is 20.7. The van der Waals surface area contributed by atoms with E-state index in [1.54, 1.807) is 19.9 Å². The highest BCUT2D eigenvalue weighted by atomic mass is 16.8. The summed E-state index contributed by atoms with van der Waals surface area (Å²) in [5, 5.41) is 132. The SMILES string of the molecule is C/C=C(\C)C(=O)O[C@@H]1[C@H](OC(C)=O)[C@]2(CO)[C@H](O)C[C@]3(C)C(=CC[C@@H]4[C@@]5(C)CC[C@H](O[C@@H]6O[C@H](C(=O)O)[C@@H](O[C@@H]7O[C@H](CO)[C@@H](O)[C@H](O)[C@H]7O)[C@H](O)[C@H]6O[C@@H]6OC[C@@H](O)[C@H](O)[C@H]6O)[C@@](C)(CO)[C@@H]5CC[C@]43C)[C@@H]2CC1(C)C. The zero-order valence-corrected chi connectivity index (χ0v) is 45.4. The lowest BCUT2D eigenvalue weighted by Gasteiger charge is -2.72. The lowest BCUT2D eigenvalue weighted by molar-refractivity contribution is -0.387. The van der Waals surface area contributed by atoms with E-state index >= 15 is 0 Å². The molecule has 0 aromatic carbocycles. The standard InChI is InChI=1S/C54H84O23/c1-10-23(2)45(69)77-42-43(71-24(3)58)54(22-57)26(17-49(42,4)5)25-11-12-30-50(6)15-14-32(51(7,21-56)29(50)13-16-52(30,8)53(25,9)18-31(54)60)73-48-40(75-46-36(64)33(61)27(59)20-70-46)38(66)39(41(76-48)44(67)68)74-47-37(65)35(63)34(62)28(19-55)72-47/h10-11,26-43,46-48,55-57,59-66H,12-22H2,1-9H3,(H,67,68)/b23-10+/t26-,27+,28+,29+,30+,31+,32-,33-,34+,35-,36+,37+,38-,39-,40+,41-,42+,43-,46-,47-,48+,50-,51-,52+,53+,54-/m0/s1. The number of carbonyl (C=O) groups is 3. The van der Waals surface area contributed by atoms with Crippen molar-refractivity contribution in [3.8, 4) is 0 Å². The predicted molar refractivity (Wildman–Crippen MR) is 263 cm³/mol. The van der Waals surface area contributed by atoms with Gasteiger partial charge < -0.3 is 99.2 Å². The second-order valence-corrected chi connectivity index (χ2v) is 25.1. The molecule has 4 saturated carbocycles. The van der Waals surface area contributed by atoms with Crippen molar-refractivity contribution in [2.75, 3.05) is 26.4 Å². The molecule has 26 atom stereocenters. The van der Waals surface area contributed by atoms with Gasteiger partial charge in [-0.3, -0.25) is 4.79 Å². The van der Waals surface area contributed by atoms with Crippen LogP contribution >= 0.6 is 0 Å². The van der Waals surface area contributed by atoms with Crippen LogP contribution in [-0.2, 0) is 52.3 Å². The van der Waals surface area contributed by atoms with E-state index < -0.39 is 193 Å². The smallest absolute Gasteiger partial charge is 0.335 e. The average Bonchev–Trinajstić information content (AvgIpc) is 3.56. The molecular formula is C54H84O23. The second-order valence-electron chi connectivity index (χ2n) is 25.1. The Labute approximate surface area is 448 Å². The van der Waals surface area contributed by atoms with E-state index in [1.165, 1.54) is 6.92 Å². The molecule has 23 heteroatoms. The Balaban J connectivity index is 1.11. The van der Waals surface area contributed by atoms with E-state index in [1.807, 2.05) is 20.8 Å². The maximum Gasteiger partial charge on any atom is 0.335 e. The van der Waals surface area contributed by atoms with Crippen molar-refractivity contribution in [2.24, 2.45) is 50.2 Å². The number of carboxylic acid groups (broad SMARTS) is 1. The molecule has 7 fully saturated rings. The molecule has 3 heterocycles. The molecule has 438 valence electrons. The van der Waals surface area contributed by atoms with E-state index in [4.69, 9.17) is 37.9 Å². The van der Waals surface area contributed by atoms with Gasteiger partial charge in [0.1, 0.15) is 73.2 Å². The number of allylic oxidation sites excluding steroid dienone is 3. The predicted octanol–water partition coefficient (Wildman–Crippen LogP) is -0.682. The molecule has 0 bridgehead atoms. The number of hydrogen-bond donors (Lipinski definition) is 12. The molecule has 3 saturated heterocycles. The number of ether oxygens (including phenoxy) is 8. The van der Waals surface area contributed by atoms with Crippen LogP contribution in [0.4, 0.5) is 0 Å². The van der Waals surface area contributed by atoms with Crippen LogP contribution in [0.2, 0.25) is 0 Å². The quantitative estimate of drug-likeness (QED) is 0.0470. The summed E-state index contributed by atoms with van der Waals surface area (Å²) in [7, 11) is 0. The molecule has 8 rings (SSSR count). The minimum atomic E-state index is -2.11. The number of carboxylic acids is 1. The van der Waals surface area contributed by atoms with Crippen molar-refractivity contribution in [2.45, 2.75) is 218 Å². The van der Waals surface area contributed by atoms with Crippen molar-refractivity contribution in [3.63, 3.8) is 0 Å². The number of aliphatic hydroxyl groups excluding tert-OH is 11. The van der Waals surface area contributed by atoms with Gasteiger partial charge in [0.25, 0.3) is 0 Å². The summed E-state index contributed by atoms with van der Waals surface area (Å²) in [5.74, 6) is -3.76. The maximum absolute atomic E-state index is 13.4. The van der Waals surface area contributed by atoms with Gasteiger partial charge in [-0.1, -0.05) is 59.3 Å². The van der Waals surface area contributed by atoms with Gasteiger partial charge >= 0.3 is 17.9 Å². The van der Waals surface area contributed by atoms with Crippen LogP contribution in [0.25, 0.3) is 0 Å². The fraction of sp³-hybridized carbons (Fsp3) is 0.870. The number of esters is 2. The largest absolute Gasteiger partial charge is 0.479 e. The van der Waals surface area contributed by atoms with Crippen molar-refractivity contribution in [3.05, 3.63) is 23.3 Å². The Morgan fingerprint density at radius 1 is 0.714 bits per heavy atom. The van der Waals surface area contributed by atoms with Gasteiger partial charge in [0.2, 0.25) is 0 Å². The number of aliphatic hydroxyl groups is 11. The number of hydrogen-bond acceptors (Lipinski definition) is 22. The fourth-order valence-corrected chi connectivity index (χ4v) is 16.0. The zero-order chi connectivity index (χ0) is 56.9. The first kappa shape index (κ1) is 60.3. The molecule has 0 amide bonds. The topological polar surface area (TPSA) is 368 Å². The van der Waals surface area contributed by atoms with Crippen LogP contribution < -0.4 is 0 Å². The normalized spacial score (nSPS) is 50.7. The minimum Gasteiger partial charge on any atom is -0.479 e. The minimum absolute atomic E-state index is 0.0613. The van der Waals surface area contributed by atoms with Crippen LogP contribution in [0.5, 0.6) is 0 Å². The molecule has 0 spiro atoms. The van der Waals surface area contributed by atoms with E-state index in [2.05, 4.69) is 26.8 Å². The first-order valence-corrected chi connectivity index (χ1v) is 27.1. The van der Waals surface area contributed by atoms with Gasteiger partial charge in [-0.25, -0.2) is 9.59 Å². The highest BCUT2D eigenvalue weighted by Gasteiger charge is 2.74. The van der Waals surface area contributed by atoms with Crippen LogP contribution in [0.15, 0.2) is 23.3 Å². The Morgan fingerprint density at radius 2 is 1.38 bits per heavy atom. The molecule has 8 aliphatic rings. The van der Waals surface area contributed by atoms with E-state index in [-0.39, 0.29) is 24.7 Å². The number of carbonyl (C=O) groups excluding carboxylic acids is 2. The van der Waals surface area contributed by atoms with Crippen molar-refractivity contribution < 1.29 is 114 Å². The molecule has 5 aliphatic carbocycles. The Kier molecular flexibility index (Phi) is 17.1. The number of fused-ring (bicyclic) bond motifs is 7. The fourth-order valence-electron chi connectivity index (χ4n) is 16.0. The van der Waals surface area contributed by atoms with E-state index in [0.717, 1.165) is 5.57 Å². The molecule has 3 aliphatic heterocycles. The Hall–Kier alpha value is -2.79. The maximum atomic E-state index is 13.4. The van der Waals surface area contributed by atoms with Crippen molar-refractivity contribution >= 4 is 17.9 Å². The van der Waals surface area contributed by atoms with Gasteiger partial charge in [0, 0.05) is 23.3 Å². The third kappa shape index (κ3) is 9.64. The van der Waals surface area contributed by atoms with Gasteiger partial charge in [-0.2, -0.15) is 0 Å². The highest BCUT2D eigenvalue weighted by Crippen LogP contribution is 2.76. The highest BCUT2D eigenvalue weighted by molar-refractivity contribution is 5.87. The summed E-state index contributed by atoms with van der Waals surface area (Å²) in [5.41, 5.74) is -3.63. The molecule has 77 heavy (non-hydrogen) atoms. The first-order valence-electron chi connectivity index (χ1n) is 27.1. The lowest BCUT2D eigenvalue weighted by atomic mass is 9.33. The Bertz CT molecular complexity index is 2240. The molecular weight excluding hydrogens is 1020 g/mol. The summed E-state index contributed by atoms with van der Waals surface area (Å²) in [4.78, 5) is 39.4. The Morgan fingerprint density at radius 3 is 1.99 bits per heavy atom. The molecule has 0 aromatic heterocycles. The monoisotopic (exact) mass is 1100 g/mol. The van der Waals surface area contributed by atoms with Crippen LogP contribution in [0, 0.1) is 50.2 Å². The number of rotatable bonds is 13. The number of aliphatic carboxylic acids is 1. The first-order chi connectivity index (χ1) is 36.0. The molecule has 0 aromatic rings. The molecule has 0 unspecified atom stereocenters. The molecule has 12 N–H and O–H groups in total. The third-order valence-corrected chi connectivity index (χ3v) is 20.7. The molecule has 0 radical (unpaired) electrons. The van der Waals surface area contributed by atoms with Crippen molar-refractivity contribution in [1.29, 1.82) is 0 Å². The second kappa shape index (κ2) is 21.8. The van der Waals surface area contributed by atoms with Gasteiger partial charge in [-0.15, -0.1) is 0 Å².